The minimum absolute atomic E-state index is 0.0710. The number of hydrogen-bond acceptors (Lipinski definition) is 4. The molecule has 1 amide bonds. The van der Waals surface area contributed by atoms with Crippen LogP contribution in [0.25, 0.3) is 0 Å². The highest BCUT2D eigenvalue weighted by molar-refractivity contribution is 7.92. The van der Waals surface area contributed by atoms with Crippen molar-refractivity contribution in [1.82, 2.24) is 5.32 Å². The average Bonchev–Trinajstić information content (AvgIpc) is 2.70. The van der Waals surface area contributed by atoms with Crippen LogP contribution in [0, 0.1) is 6.92 Å². The quantitative estimate of drug-likeness (QED) is 0.528. The van der Waals surface area contributed by atoms with Gasteiger partial charge in [-0.2, -0.15) is 0 Å². The summed E-state index contributed by atoms with van der Waals surface area (Å²) in [6, 6.07) is 11.9. The first-order chi connectivity index (χ1) is 14.9. The summed E-state index contributed by atoms with van der Waals surface area (Å²) in [4.78, 5) is 12.9. The van der Waals surface area contributed by atoms with Crippen molar-refractivity contribution in [1.29, 1.82) is 0 Å². The normalized spacial score (nSPS) is 12.8. The van der Waals surface area contributed by atoms with Crippen molar-refractivity contribution in [3.8, 4) is 5.75 Å². The highest BCUT2D eigenvalue weighted by Crippen LogP contribution is 2.31. The lowest BCUT2D eigenvalue weighted by molar-refractivity contribution is -0.122. The van der Waals surface area contributed by atoms with Gasteiger partial charge in [0.1, 0.15) is 18.4 Å². The maximum absolute atomic E-state index is 12.9. The van der Waals surface area contributed by atoms with E-state index in [1.807, 2.05) is 31.2 Å². The zero-order valence-electron chi connectivity index (χ0n) is 19.6. The number of ether oxygens (including phenoxy) is 1. The number of nitrogens with zero attached hydrogens (tertiary/aromatic N) is 1. The Morgan fingerprint density at radius 2 is 1.84 bits per heavy atom. The molecule has 2 aromatic rings. The first-order valence-electron chi connectivity index (χ1n) is 10.6. The minimum atomic E-state index is -3.72. The number of carbonyl (C=O) groups is 1. The van der Waals surface area contributed by atoms with E-state index in [0.717, 1.165) is 27.4 Å². The lowest BCUT2D eigenvalue weighted by atomic mass is 9.86. The predicted octanol–water partition coefficient (Wildman–Crippen LogP) is 4.69. The van der Waals surface area contributed by atoms with Crippen molar-refractivity contribution >= 4 is 33.2 Å². The van der Waals surface area contributed by atoms with Crippen LogP contribution in [0.5, 0.6) is 5.75 Å². The number of nitrogens with one attached hydrogen (secondary N) is 1. The number of benzene rings is 2. The smallest absolute Gasteiger partial charge is 0.244 e. The van der Waals surface area contributed by atoms with E-state index in [4.69, 9.17) is 16.3 Å². The fourth-order valence-electron chi connectivity index (χ4n) is 3.44. The van der Waals surface area contributed by atoms with Gasteiger partial charge in [-0.15, -0.1) is 0 Å². The molecule has 0 aliphatic carbocycles. The summed E-state index contributed by atoms with van der Waals surface area (Å²) in [5, 5.41) is 3.25. The molecule has 0 saturated carbocycles. The van der Waals surface area contributed by atoms with Gasteiger partial charge in [-0.05, 0) is 48.1 Å². The Kier molecular flexibility index (Phi) is 8.60. The van der Waals surface area contributed by atoms with Gasteiger partial charge < -0.3 is 10.1 Å². The molecule has 176 valence electrons. The number of halogens is 1. The Hall–Kier alpha value is -2.25. The maximum atomic E-state index is 12.9. The van der Waals surface area contributed by atoms with Crippen LogP contribution in [-0.2, 0) is 20.2 Å². The molecule has 1 N–H and O–H groups in total. The Labute approximate surface area is 197 Å². The summed E-state index contributed by atoms with van der Waals surface area (Å²) >= 11 is 6.20. The third-order valence-corrected chi connectivity index (χ3v) is 6.68. The molecule has 0 unspecified atom stereocenters. The van der Waals surface area contributed by atoms with Crippen molar-refractivity contribution in [3.63, 3.8) is 0 Å². The van der Waals surface area contributed by atoms with Crippen LogP contribution in [0.4, 0.5) is 5.69 Å². The lowest BCUT2D eigenvalue weighted by Crippen LogP contribution is -2.50. The Bertz CT molecular complexity index is 1050. The molecule has 1 atom stereocenters. The van der Waals surface area contributed by atoms with Gasteiger partial charge in [0.25, 0.3) is 0 Å². The molecule has 2 aromatic carbocycles. The van der Waals surface area contributed by atoms with Gasteiger partial charge in [0.15, 0.2) is 0 Å². The first-order valence-corrected chi connectivity index (χ1v) is 12.8. The molecule has 0 spiro atoms. The number of sulfonamides is 1. The van der Waals surface area contributed by atoms with Crippen LogP contribution in [0.2, 0.25) is 5.02 Å². The number of carbonyl (C=O) groups excluding carboxylic acids is 1. The predicted molar refractivity (Wildman–Crippen MR) is 131 cm³/mol. The standard InChI is InChI=1S/C24H33ClN2O4S/c1-7-21(27(32(6,29)30)18-13-12-17(2)20(25)16-18)23(28)26-14-15-31-22-11-9-8-10-19(22)24(3,4)5/h8-13,16,21H,7,14-15H2,1-6H3,(H,26,28)/t21-/m0/s1. The molecule has 8 heteroatoms. The van der Waals surface area contributed by atoms with Gasteiger partial charge in [-0.1, -0.05) is 63.6 Å². The van der Waals surface area contributed by atoms with E-state index in [9.17, 15) is 13.2 Å². The Morgan fingerprint density at radius 1 is 1.19 bits per heavy atom. The van der Waals surface area contributed by atoms with E-state index < -0.39 is 16.1 Å². The minimum Gasteiger partial charge on any atom is -0.491 e. The highest BCUT2D eigenvalue weighted by atomic mass is 35.5. The second-order valence-electron chi connectivity index (χ2n) is 8.80. The van der Waals surface area contributed by atoms with Gasteiger partial charge in [0, 0.05) is 5.02 Å². The molecule has 6 nitrogen and oxygen atoms in total. The monoisotopic (exact) mass is 480 g/mol. The highest BCUT2D eigenvalue weighted by Gasteiger charge is 2.31. The summed E-state index contributed by atoms with van der Waals surface area (Å²) in [6.45, 7) is 10.5. The molecule has 0 fully saturated rings. The number of para-hydroxylation sites is 1. The summed E-state index contributed by atoms with van der Waals surface area (Å²) in [7, 11) is -3.72. The second kappa shape index (κ2) is 10.6. The average molecular weight is 481 g/mol. The first kappa shape index (κ1) is 26.0. The topological polar surface area (TPSA) is 75.7 Å². The molecule has 2 rings (SSSR count). The van der Waals surface area contributed by atoms with Gasteiger partial charge in [0.2, 0.25) is 15.9 Å². The number of rotatable bonds is 9. The van der Waals surface area contributed by atoms with Crippen molar-refractivity contribution < 1.29 is 17.9 Å². The van der Waals surface area contributed by atoms with Crippen LogP contribution in [0.3, 0.4) is 0 Å². The zero-order valence-corrected chi connectivity index (χ0v) is 21.2. The molecule has 0 bridgehead atoms. The number of amides is 1. The fourth-order valence-corrected chi connectivity index (χ4v) is 4.82. The molecular formula is C24H33ClN2O4S. The maximum Gasteiger partial charge on any atom is 0.244 e. The van der Waals surface area contributed by atoms with Crippen molar-refractivity contribution in [2.45, 2.75) is 52.5 Å². The van der Waals surface area contributed by atoms with Gasteiger partial charge >= 0.3 is 0 Å². The molecule has 32 heavy (non-hydrogen) atoms. The second-order valence-corrected chi connectivity index (χ2v) is 11.1. The molecule has 0 aliphatic rings. The molecule has 0 heterocycles. The van der Waals surface area contributed by atoms with E-state index in [1.165, 1.54) is 0 Å². The van der Waals surface area contributed by atoms with E-state index in [-0.39, 0.29) is 24.5 Å². The Balaban J connectivity index is 2.11. The molecule has 0 aromatic heterocycles. The van der Waals surface area contributed by atoms with Crippen LogP contribution in [0.15, 0.2) is 42.5 Å². The summed E-state index contributed by atoms with van der Waals surface area (Å²) in [6.07, 6.45) is 1.39. The number of anilines is 1. The number of hydrogen-bond donors (Lipinski definition) is 1. The largest absolute Gasteiger partial charge is 0.491 e. The van der Waals surface area contributed by atoms with Crippen LogP contribution in [0.1, 0.15) is 45.2 Å². The van der Waals surface area contributed by atoms with Crippen molar-refractivity contribution in [2.24, 2.45) is 0 Å². The Morgan fingerprint density at radius 3 is 2.41 bits per heavy atom. The zero-order chi connectivity index (χ0) is 24.1. The molecular weight excluding hydrogens is 448 g/mol. The summed E-state index contributed by atoms with van der Waals surface area (Å²) in [5.74, 6) is 0.385. The van der Waals surface area contributed by atoms with Gasteiger partial charge in [0.05, 0.1) is 18.5 Å². The van der Waals surface area contributed by atoms with E-state index in [1.54, 1.807) is 25.1 Å². The molecule has 0 radical (unpaired) electrons. The van der Waals surface area contributed by atoms with Gasteiger partial charge in [-0.25, -0.2) is 8.42 Å². The lowest BCUT2D eigenvalue weighted by Gasteiger charge is -2.30. The van der Waals surface area contributed by atoms with Crippen LogP contribution >= 0.6 is 11.6 Å². The van der Waals surface area contributed by atoms with E-state index >= 15 is 0 Å². The molecule has 0 saturated heterocycles. The van der Waals surface area contributed by atoms with Crippen LogP contribution in [-0.4, -0.2) is 39.8 Å². The third-order valence-electron chi connectivity index (χ3n) is 5.09. The van der Waals surface area contributed by atoms with E-state index in [0.29, 0.717) is 17.1 Å². The van der Waals surface area contributed by atoms with Crippen LogP contribution < -0.4 is 14.4 Å². The number of aryl methyl sites for hydroxylation is 1. The van der Waals surface area contributed by atoms with Crippen molar-refractivity contribution in [3.05, 3.63) is 58.6 Å². The SMILES string of the molecule is CC[C@@H](C(=O)NCCOc1ccccc1C(C)(C)C)N(c1ccc(C)c(Cl)c1)S(C)(=O)=O. The van der Waals surface area contributed by atoms with Gasteiger partial charge in [-0.3, -0.25) is 9.10 Å². The third kappa shape index (κ3) is 6.62. The summed E-state index contributed by atoms with van der Waals surface area (Å²) < 4.78 is 32.1. The summed E-state index contributed by atoms with van der Waals surface area (Å²) in [5.41, 5.74) is 2.20. The van der Waals surface area contributed by atoms with E-state index in [2.05, 4.69) is 26.1 Å². The fraction of sp³-hybridized carbons (Fsp3) is 0.458. The van der Waals surface area contributed by atoms with Crippen molar-refractivity contribution in [2.75, 3.05) is 23.7 Å². The molecule has 0 aliphatic heterocycles.